The first kappa shape index (κ1) is 21.9. The van der Waals surface area contributed by atoms with Crippen LogP contribution in [0.2, 0.25) is 0 Å². The highest BCUT2D eigenvalue weighted by Crippen LogP contribution is 2.51. The van der Waals surface area contributed by atoms with Crippen molar-refractivity contribution >= 4 is 29.6 Å². The van der Waals surface area contributed by atoms with E-state index in [-0.39, 0.29) is 36.7 Å². The predicted octanol–water partition coefficient (Wildman–Crippen LogP) is 3.14. The Bertz CT molecular complexity index is 1170. The maximum absolute atomic E-state index is 13.5. The van der Waals surface area contributed by atoms with Crippen LogP contribution in [0.5, 0.6) is 0 Å². The van der Waals surface area contributed by atoms with Crippen LogP contribution in [0.4, 0.5) is 15.3 Å². The first-order chi connectivity index (χ1) is 16.4. The van der Waals surface area contributed by atoms with Crippen molar-refractivity contribution in [3.05, 3.63) is 65.2 Å². The zero-order valence-corrected chi connectivity index (χ0v) is 18.8. The topological polar surface area (TPSA) is 117 Å². The van der Waals surface area contributed by atoms with E-state index in [0.29, 0.717) is 17.8 Å². The van der Waals surface area contributed by atoms with E-state index in [2.05, 4.69) is 16.0 Å². The molecule has 2 fully saturated rings. The summed E-state index contributed by atoms with van der Waals surface area (Å²) in [6.07, 6.45) is 1.39. The van der Waals surface area contributed by atoms with E-state index < -0.39 is 17.6 Å². The average molecular weight is 463 g/mol. The maximum Gasteiger partial charge on any atom is 0.415 e. The van der Waals surface area contributed by atoms with Crippen molar-refractivity contribution in [3.8, 4) is 0 Å². The number of carbonyl (C=O) groups is 4. The summed E-state index contributed by atoms with van der Waals surface area (Å²) in [6.45, 7) is 0.677. The largest absolute Gasteiger partial charge is 0.427 e. The number of alkyl carbamates (subject to hydrolysis) is 1. The third kappa shape index (κ3) is 3.67. The standard InChI is InChI=1S/C25H26N4O5/c1-26-23(32)27-17-9-10-19-18(13-17)16(14-25(19)22(31)28-24(33)34-25)12-21(30)29-11-5-8-20(29)15-6-3-2-4-7-15/h2-4,6-7,9-10,13,16,20H,5,8,11-12,14H2,1H3,(H2,26,27,32)(H,28,31,33)/t16?,20?,25-/m1/s1. The van der Waals surface area contributed by atoms with Crippen molar-refractivity contribution < 1.29 is 23.9 Å². The second kappa shape index (κ2) is 8.48. The summed E-state index contributed by atoms with van der Waals surface area (Å²) in [4.78, 5) is 51.9. The number of hydrogen-bond donors (Lipinski definition) is 3. The summed E-state index contributed by atoms with van der Waals surface area (Å²) in [7, 11) is 1.51. The molecule has 2 saturated heterocycles. The van der Waals surface area contributed by atoms with Crippen LogP contribution in [-0.2, 0) is 19.9 Å². The Kier molecular flexibility index (Phi) is 5.47. The monoisotopic (exact) mass is 462 g/mol. The molecule has 1 aliphatic carbocycles. The number of hydrogen-bond acceptors (Lipinski definition) is 5. The Hall–Kier alpha value is -3.88. The number of urea groups is 1. The minimum Gasteiger partial charge on any atom is -0.427 e. The molecule has 2 aromatic carbocycles. The molecule has 0 radical (unpaired) electrons. The quantitative estimate of drug-likeness (QED) is 0.645. The molecule has 3 atom stereocenters. The number of nitrogens with zero attached hydrogens (tertiary/aromatic N) is 1. The molecule has 34 heavy (non-hydrogen) atoms. The lowest BCUT2D eigenvalue weighted by molar-refractivity contribution is -0.135. The Balaban J connectivity index is 1.44. The molecule has 176 valence electrons. The zero-order chi connectivity index (χ0) is 23.9. The minimum absolute atomic E-state index is 0.00579. The molecular weight excluding hydrogens is 436 g/mol. The summed E-state index contributed by atoms with van der Waals surface area (Å²) >= 11 is 0. The second-order valence-corrected chi connectivity index (χ2v) is 8.94. The molecule has 2 aromatic rings. The maximum atomic E-state index is 13.5. The van der Waals surface area contributed by atoms with Gasteiger partial charge in [0.2, 0.25) is 11.5 Å². The SMILES string of the molecule is CNC(=O)Nc1ccc2c(c1)C(CC(=O)N1CCCC1c1ccccc1)C[C@@]21OC(=O)NC1=O. The van der Waals surface area contributed by atoms with Gasteiger partial charge in [0.05, 0.1) is 6.04 Å². The van der Waals surface area contributed by atoms with Gasteiger partial charge in [-0.25, -0.2) is 9.59 Å². The first-order valence-corrected chi connectivity index (χ1v) is 11.4. The van der Waals surface area contributed by atoms with Crippen LogP contribution in [0.25, 0.3) is 0 Å². The third-order valence-corrected chi connectivity index (χ3v) is 6.97. The molecule has 2 heterocycles. The Morgan fingerprint density at radius 1 is 1.18 bits per heavy atom. The van der Waals surface area contributed by atoms with E-state index >= 15 is 0 Å². The molecule has 0 bridgehead atoms. The van der Waals surface area contributed by atoms with E-state index in [1.807, 2.05) is 35.2 Å². The lowest BCUT2D eigenvalue weighted by Gasteiger charge is -2.27. The third-order valence-electron chi connectivity index (χ3n) is 6.97. The lowest BCUT2D eigenvalue weighted by atomic mass is 9.94. The molecular formula is C25H26N4O5. The van der Waals surface area contributed by atoms with Crippen LogP contribution >= 0.6 is 0 Å². The van der Waals surface area contributed by atoms with E-state index in [1.54, 1.807) is 18.2 Å². The molecule has 3 N–H and O–H groups in total. The van der Waals surface area contributed by atoms with Crippen LogP contribution in [0.15, 0.2) is 48.5 Å². The van der Waals surface area contributed by atoms with Gasteiger partial charge in [-0.15, -0.1) is 0 Å². The molecule has 9 heteroatoms. The highest BCUT2D eigenvalue weighted by molar-refractivity contribution is 6.04. The summed E-state index contributed by atoms with van der Waals surface area (Å²) in [6, 6.07) is 14.7. The number of rotatable bonds is 4. The van der Waals surface area contributed by atoms with E-state index in [1.165, 1.54) is 7.05 Å². The Labute approximate surface area is 196 Å². The number of ether oxygens (including phenoxy) is 1. The number of imide groups is 1. The van der Waals surface area contributed by atoms with E-state index in [4.69, 9.17) is 4.74 Å². The van der Waals surface area contributed by atoms with Gasteiger partial charge in [0, 0.05) is 37.7 Å². The van der Waals surface area contributed by atoms with Crippen molar-refractivity contribution in [2.45, 2.75) is 43.2 Å². The van der Waals surface area contributed by atoms with Gasteiger partial charge >= 0.3 is 12.1 Å². The van der Waals surface area contributed by atoms with Crippen molar-refractivity contribution in [3.63, 3.8) is 0 Å². The van der Waals surface area contributed by atoms with Crippen LogP contribution in [-0.4, -0.2) is 42.4 Å². The number of carbonyl (C=O) groups excluding carboxylic acids is 4. The van der Waals surface area contributed by atoms with E-state index in [9.17, 15) is 19.2 Å². The minimum atomic E-state index is -1.45. The number of fused-ring (bicyclic) bond motifs is 2. The van der Waals surface area contributed by atoms with Gasteiger partial charge in [-0.1, -0.05) is 36.4 Å². The Morgan fingerprint density at radius 2 is 1.97 bits per heavy atom. The fourth-order valence-electron chi connectivity index (χ4n) is 5.44. The van der Waals surface area contributed by atoms with Crippen molar-refractivity contribution in [2.75, 3.05) is 18.9 Å². The highest BCUT2D eigenvalue weighted by atomic mass is 16.6. The van der Waals surface area contributed by atoms with E-state index in [0.717, 1.165) is 24.0 Å². The van der Waals surface area contributed by atoms with Gasteiger partial charge in [0.25, 0.3) is 5.91 Å². The first-order valence-electron chi connectivity index (χ1n) is 11.4. The number of amides is 5. The number of anilines is 1. The molecule has 9 nitrogen and oxygen atoms in total. The van der Waals surface area contributed by atoms with Crippen LogP contribution < -0.4 is 16.0 Å². The summed E-state index contributed by atoms with van der Waals surface area (Å²) in [5, 5.41) is 7.45. The van der Waals surface area contributed by atoms with Gasteiger partial charge in [0.15, 0.2) is 0 Å². The van der Waals surface area contributed by atoms with Crippen LogP contribution in [0.1, 0.15) is 54.3 Å². The molecule has 0 aromatic heterocycles. The molecule has 0 saturated carbocycles. The smallest absolute Gasteiger partial charge is 0.415 e. The molecule has 2 aliphatic heterocycles. The molecule has 2 unspecified atom stereocenters. The molecule has 1 spiro atoms. The van der Waals surface area contributed by atoms with Crippen molar-refractivity contribution in [1.29, 1.82) is 0 Å². The summed E-state index contributed by atoms with van der Waals surface area (Å²) in [5.41, 5.74) is 1.46. The second-order valence-electron chi connectivity index (χ2n) is 8.94. The zero-order valence-electron chi connectivity index (χ0n) is 18.8. The predicted molar refractivity (Wildman–Crippen MR) is 123 cm³/mol. The van der Waals surface area contributed by atoms with Crippen LogP contribution in [0.3, 0.4) is 0 Å². The fraction of sp³-hybridized carbons (Fsp3) is 0.360. The van der Waals surface area contributed by atoms with Crippen molar-refractivity contribution in [2.24, 2.45) is 0 Å². The molecule has 5 rings (SSSR count). The van der Waals surface area contributed by atoms with Gasteiger partial charge < -0.3 is 20.3 Å². The highest BCUT2D eigenvalue weighted by Gasteiger charge is 2.57. The van der Waals surface area contributed by atoms with Crippen molar-refractivity contribution in [1.82, 2.24) is 15.5 Å². The number of benzene rings is 2. The van der Waals surface area contributed by atoms with Gasteiger partial charge in [-0.05, 0) is 42.0 Å². The van der Waals surface area contributed by atoms with Gasteiger partial charge in [-0.3, -0.25) is 14.9 Å². The normalized spacial score (nSPS) is 25.1. The summed E-state index contributed by atoms with van der Waals surface area (Å²) in [5.74, 6) is -0.875. The number of likely N-dealkylation sites (tertiary alicyclic amines) is 1. The average Bonchev–Trinajstić information content (AvgIpc) is 3.51. The summed E-state index contributed by atoms with van der Waals surface area (Å²) < 4.78 is 5.49. The number of nitrogens with one attached hydrogen (secondary N) is 3. The fourth-order valence-corrected chi connectivity index (χ4v) is 5.44. The molecule has 5 amide bonds. The molecule has 3 aliphatic rings. The van der Waals surface area contributed by atoms with Crippen LogP contribution in [0, 0.1) is 0 Å². The van der Waals surface area contributed by atoms with Gasteiger partial charge in [0.1, 0.15) is 0 Å². The van der Waals surface area contributed by atoms with Gasteiger partial charge in [-0.2, -0.15) is 0 Å². The Morgan fingerprint density at radius 3 is 2.68 bits per heavy atom. The lowest BCUT2D eigenvalue weighted by Crippen LogP contribution is -2.35.